The van der Waals surface area contributed by atoms with Gasteiger partial charge in [0.25, 0.3) is 5.91 Å². The number of carboxylic acids is 1. The Bertz CT molecular complexity index is 702. The lowest BCUT2D eigenvalue weighted by Gasteiger charge is -2.23. The van der Waals surface area contributed by atoms with Gasteiger partial charge in [0.15, 0.2) is 11.5 Å². The van der Waals surface area contributed by atoms with Crippen LogP contribution in [0.2, 0.25) is 0 Å². The molecular weight excluding hydrogens is 305 g/mol. The van der Waals surface area contributed by atoms with E-state index in [1.165, 1.54) is 12.0 Å². The number of carbonyl (C=O) groups excluding carboxylic acids is 1. The van der Waals surface area contributed by atoms with Crippen LogP contribution in [-0.4, -0.2) is 54.4 Å². The number of fused-ring (bicyclic) bond motifs is 1. The summed E-state index contributed by atoms with van der Waals surface area (Å²) in [5.74, 6) is -0.811. The first kappa shape index (κ1) is 15.3. The molecule has 1 unspecified atom stereocenters. The van der Waals surface area contributed by atoms with Gasteiger partial charge < -0.3 is 19.5 Å². The maximum absolute atomic E-state index is 14.1. The Morgan fingerprint density at radius 1 is 1.43 bits per heavy atom. The minimum atomic E-state index is -2.37. The monoisotopic (exact) mass is 321 g/mol. The Hall–Kier alpha value is -2.57. The molecule has 6 nitrogen and oxygen atoms in total. The second-order valence-electron chi connectivity index (χ2n) is 5.58. The number of methoxy groups -OCH3 is 1. The summed E-state index contributed by atoms with van der Waals surface area (Å²) in [6, 6.07) is 5.31. The number of carbonyl (C=O) groups is 2. The van der Waals surface area contributed by atoms with Gasteiger partial charge in [-0.1, -0.05) is 12.1 Å². The van der Waals surface area contributed by atoms with Crippen LogP contribution in [0.3, 0.4) is 0 Å². The van der Waals surface area contributed by atoms with Gasteiger partial charge >= 0.3 is 5.97 Å². The number of hydrogen-bond donors (Lipinski definition) is 1. The predicted octanol–water partition coefficient (Wildman–Crippen LogP) is 1.50. The average Bonchev–Trinajstić information content (AvgIpc) is 2.97. The molecule has 0 bridgehead atoms. The molecule has 2 heterocycles. The van der Waals surface area contributed by atoms with Crippen LogP contribution in [0.1, 0.15) is 12.0 Å². The van der Waals surface area contributed by atoms with E-state index in [2.05, 4.69) is 0 Å². The predicted molar refractivity (Wildman–Crippen MR) is 79.1 cm³/mol. The topological polar surface area (TPSA) is 76.1 Å². The Morgan fingerprint density at radius 2 is 2.22 bits per heavy atom. The lowest BCUT2D eigenvalue weighted by Crippen LogP contribution is -2.40. The summed E-state index contributed by atoms with van der Waals surface area (Å²) >= 11 is 0. The highest BCUT2D eigenvalue weighted by Crippen LogP contribution is 2.36. The summed E-state index contributed by atoms with van der Waals surface area (Å²) in [7, 11) is 1.53. The van der Waals surface area contributed by atoms with Crippen LogP contribution >= 0.6 is 0 Å². The largest absolute Gasteiger partial charge is 0.493 e. The molecule has 23 heavy (non-hydrogen) atoms. The van der Waals surface area contributed by atoms with Gasteiger partial charge in [-0.2, -0.15) is 0 Å². The number of alkyl halides is 1. The molecule has 3 rings (SSSR count). The lowest BCUT2D eigenvalue weighted by atomic mass is 10.1. The number of carboxylic acid groups (broad SMARTS) is 1. The van der Waals surface area contributed by atoms with Gasteiger partial charge in [0, 0.05) is 18.5 Å². The number of para-hydroxylation sites is 1. The normalized spacial score (nSPS) is 22.9. The Labute approximate surface area is 132 Å². The number of likely N-dealkylation sites (tertiary alicyclic amines) is 1. The molecule has 1 aromatic carbocycles. The first-order chi connectivity index (χ1) is 10.9. The van der Waals surface area contributed by atoms with Gasteiger partial charge in [-0.3, -0.25) is 4.79 Å². The van der Waals surface area contributed by atoms with Crippen molar-refractivity contribution in [2.75, 3.05) is 26.8 Å². The fourth-order valence-corrected chi connectivity index (χ4v) is 2.79. The standard InChI is InChI=1S/C16H16FNO5/c1-22-12-4-2-3-10-7-11(8-23-13(10)12)14(19)18-6-5-16(17,9-18)15(20)21/h2-4,7H,5-6,8-9H2,1H3,(H,20,21). The van der Waals surface area contributed by atoms with Gasteiger partial charge in [-0.05, 0) is 12.1 Å². The molecule has 1 N–H and O–H groups in total. The molecule has 1 atom stereocenters. The SMILES string of the molecule is COc1cccc2c1OCC(C(=O)N1CCC(F)(C(=O)O)C1)=C2. The summed E-state index contributed by atoms with van der Waals surface area (Å²) < 4.78 is 24.9. The molecule has 7 heteroatoms. The van der Waals surface area contributed by atoms with Crippen molar-refractivity contribution in [3.63, 3.8) is 0 Å². The minimum Gasteiger partial charge on any atom is -0.493 e. The van der Waals surface area contributed by atoms with Crippen molar-refractivity contribution in [1.82, 2.24) is 4.90 Å². The zero-order chi connectivity index (χ0) is 16.6. The van der Waals surface area contributed by atoms with Crippen molar-refractivity contribution in [1.29, 1.82) is 0 Å². The Kier molecular flexibility index (Phi) is 3.71. The van der Waals surface area contributed by atoms with Crippen molar-refractivity contribution >= 4 is 18.0 Å². The smallest absolute Gasteiger partial charge is 0.343 e. The van der Waals surface area contributed by atoms with E-state index in [0.29, 0.717) is 22.6 Å². The van der Waals surface area contributed by atoms with Crippen LogP contribution in [0.5, 0.6) is 11.5 Å². The van der Waals surface area contributed by atoms with E-state index < -0.39 is 24.1 Å². The number of nitrogens with zero attached hydrogens (tertiary/aromatic N) is 1. The molecule has 0 spiro atoms. The van der Waals surface area contributed by atoms with Crippen LogP contribution < -0.4 is 9.47 Å². The molecule has 2 aliphatic rings. The third-order valence-corrected chi connectivity index (χ3v) is 4.10. The molecule has 1 saturated heterocycles. The maximum Gasteiger partial charge on any atom is 0.343 e. The molecule has 1 fully saturated rings. The number of amides is 1. The number of hydrogen-bond acceptors (Lipinski definition) is 4. The van der Waals surface area contributed by atoms with E-state index in [4.69, 9.17) is 14.6 Å². The maximum atomic E-state index is 14.1. The number of rotatable bonds is 3. The molecule has 0 radical (unpaired) electrons. The van der Waals surface area contributed by atoms with Gasteiger partial charge in [-0.15, -0.1) is 0 Å². The molecule has 122 valence electrons. The first-order valence-electron chi connectivity index (χ1n) is 7.16. The van der Waals surface area contributed by atoms with Crippen molar-refractivity contribution in [2.45, 2.75) is 12.1 Å². The third kappa shape index (κ3) is 2.62. The summed E-state index contributed by atoms with van der Waals surface area (Å²) in [6.07, 6.45) is 1.47. The van der Waals surface area contributed by atoms with Gasteiger partial charge in [0.05, 0.1) is 19.2 Å². The lowest BCUT2D eigenvalue weighted by molar-refractivity contribution is -0.150. The second kappa shape index (κ2) is 5.57. The van der Waals surface area contributed by atoms with Crippen LogP contribution in [0.25, 0.3) is 6.08 Å². The number of aliphatic carboxylic acids is 1. The summed E-state index contributed by atoms with van der Waals surface area (Å²) in [5, 5.41) is 8.90. The highest BCUT2D eigenvalue weighted by molar-refractivity contribution is 6.00. The first-order valence-corrected chi connectivity index (χ1v) is 7.16. The van der Waals surface area contributed by atoms with Gasteiger partial charge in [0.1, 0.15) is 6.61 Å². The Balaban J connectivity index is 1.82. The average molecular weight is 321 g/mol. The molecule has 1 aromatic rings. The Morgan fingerprint density at radius 3 is 2.87 bits per heavy atom. The number of ether oxygens (including phenoxy) is 2. The summed E-state index contributed by atoms with van der Waals surface area (Å²) in [6.45, 7) is -0.331. The zero-order valence-corrected chi connectivity index (χ0v) is 12.5. The van der Waals surface area contributed by atoms with E-state index in [-0.39, 0.29) is 19.6 Å². The second-order valence-corrected chi connectivity index (χ2v) is 5.58. The van der Waals surface area contributed by atoms with E-state index in [9.17, 15) is 14.0 Å². The van der Waals surface area contributed by atoms with Crippen LogP contribution in [0.15, 0.2) is 23.8 Å². The molecule has 2 aliphatic heterocycles. The number of halogens is 1. The van der Waals surface area contributed by atoms with Crippen molar-refractivity contribution in [3.05, 3.63) is 29.3 Å². The molecular formula is C16H16FNO5. The molecule has 0 aliphatic carbocycles. The van der Waals surface area contributed by atoms with Crippen LogP contribution in [0.4, 0.5) is 4.39 Å². The van der Waals surface area contributed by atoms with E-state index in [1.807, 2.05) is 0 Å². The quantitative estimate of drug-likeness (QED) is 0.913. The highest BCUT2D eigenvalue weighted by Gasteiger charge is 2.47. The van der Waals surface area contributed by atoms with Crippen molar-refractivity contribution in [2.24, 2.45) is 0 Å². The van der Waals surface area contributed by atoms with E-state index in [1.54, 1.807) is 24.3 Å². The van der Waals surface area contributed by atoms with Crippen molar-refractivity contribution in [3.8, 4) is 11.5 Å². The summed E-state index contributed by atoms with van der Waals surface area (Å²) in [4.78, 5) is 24.6. The zero-order valence-electron chi connectivity index (χ0n) is 12.5. The number of benzene rings is 1. The van der Waals surface area contributed by atoms with Crippen LogP contribution in [-0.2, 0) is 9.59 Å². The fraction of sp³-hybridized carbons (Fsp3) is 0.375. The van der Waals surface area contributed by atoms with Crippen LogP contribution in [0, 0.1) is 0 Å². The fourth-order valence-electron chi connectivity index (χ4n) is 2.79. The molecule has 0 aromatic heterocycles. The van der Waals surface area contributed by atoms with Gasteiger partial charge in [-0.25, -0.2) is 9.18 Å². The molecule has 1 amide bonds. The highest BCUT2D eigenvalue weighted by atomic mass is 19.1. The summed E-state index contributed by atoms with van der Waals surface area (Å²) in [5.41, 5.74) is -1.31. The van der Waals surface area contributed by atoms with Gasteiger partial charge in [0.2, 0.25) is 5.67 Å². The molecule has 0 saturated carbocycles. The van der Waals surface area contributed by atoms with Crippen molar-refractivity contribution < 1.29 is 28.6 Å². The van der Waals surface area contributed by atoms with E-state index >= 15 is 0 Å². The third-order valence-electron chi connectivity index (χ3n) is 4.10. The minimum absolute atomic E-state index is 0.0368. The van der Waals surface area contributed by atoms with E-state index in [0.717, 1.165) is 0 Å².